The van der Waals surface area contributed by atoms with E-state index < -0.39 is 81.9 Å². The molecule has 1 aliphatic heterocycles. The van der Waals surface area contributed by atoms with Crippen LogP contribution >= 0.6 is 11.3 Å². The molecule has 0 saturated heterocycles. The lowest BCUT2D eigenvalue weighted by Gasteiger charge is -2.69. The molecule has 11 rings (SSSR count). The summed E-state index contributed by atoms with van der Waals surface area (Å²) in [5, 5.41) is 41.3. The number of anilines is 3. The van der Waals surface area contributed by atoms with Crippen LogP contribution in [-0.4, -0.2) is 164 Å². The summed E-state index contributed by atoms with van der Waals surface area (Å²) in [7, 11) is -4.52. The lowest BCUT2D eigenvalue weighted by molar-refractivity contribution is -0.248. The van der Waals surface area contributed by atoms with E-state index in [1.54, 1.807) is 56.4 Å². The molecule has 4 aliphatic carbocycles. The van der Waals surface area contributed by atoms with Crippen molar-refractivity contribution in [1.29, 1.82) is 0 Å². The highest BCUT2D eigenvalue weighted by Crippen LogP contribution is 2.72. The van der Waals surface area contributed by atoms with Gasteiger partial charge in [0.25, 0.3) is 16.0 Å². The van der Waals surface area contributed by atoms with Gasteiger partial charge in [0.05, 0.1) is 40.8 Å². The molecule has 2 unspecified atom stereocenters. The van der Waals surface area contributed by atoms with Gasteiger partial charge in [-0.1, -0.05) is 81.9 Å². The first-order valence-corrected chi connectivity index (χ1v) is 37.6. The minimum absolute atomic E-state index is 0.0238. The van der Waals surface area contributed by atoms with Gasteiger partial charge in [0.2, 0.25) is 23.6 Å². The largest absolute Gasteiger partial charge is 0.481 e. The van der Waals surface area contributed by atoms with Gasteiger partial charge in [-0.3, -0.25) is 43.3 Å². The summed E-state index contributed by atoms with van der Waals surface area (Å²) in [5.41, 5.74) is 9.77. The summed E-state index contributed by atoms with van der Waals surface area (Å²) in [4.78, 5) is 128. The first-order chi connectivity index (χ1) is 49.4. The number of hydrogen-bond donors (Lipinski definition) is 10. The van der Waals surface area contributed by atoms with E-state index in [1.165, 1.54) is 16.2 Å². The molecular weight excluding hydrogens is 1380 g/mol. The molecule has 4 saturated carbocycles. The van der Waals surface area contributed by atoms with Crippen molar-refractivity contribution in [2.45, 2.75) is 168 Å². The number of pyridine rings is 1. The van der Waals surface area contributed by atoms with Crippen LogP contribution in [0.5, 0.6) is 0 Å². The van der Waals surface area contributed by atoms with E-state index in [1.807, 2.05) is 59.0 Å². The van der Waals surface area contributed by atoms with Crippen LogP contribution in [0.2, 0.25) is 0 Å². The van der Waals surface area contributed by atoms with E-state index in [-0.39, 0.29) is 98.1 Å². The number of nitrogens with one attached hydrogen (secondary N) is 6. The second-order valence-electron chi connectivity index (χ2n) is 29.3. The number of carbonyl (C=O) groups excluding carboxylic acids is 7. The third kappa shape index (κ3) is 20.0. The maximum absolute atomic E-state index is 13.9. The third-order valence-corrected chi connectivity index (χ3v) is 21.7. The van der Waals surface area contributed by atoms with Gasteiger partial charge in [-0.05, 0) is 159 Å². The number of carboxylic acid groups (broad SMARTS) is 2. The molecule has 4 atom stereocenters. The number of ether oxygens (including phenoxy) is 2. The number of aromatic carboxylic acids is 1. The smallest absolute Gasteiger partial charge is 0.410 e. The molecule has 29 nitrogen and oxygen atoms in total. The molecule has 3 aromatic carbocycles. The Morgan fingerprint density at radius 2 is 1.50 bits per heavy atom. The number of aliphatic carboxylic acids is 1. The molecule has 3 aromatic heterocycles. The van der Waals surface area contributed by atoms with E-state index in [0.717, 1.165) is 59.1 Å². The lowest BCUT2D eigenvalue weighted by atomic mass is 9.39. The number of primary amides is 1. The van der Waals surface area contributed by atoms with Crippen molar-refractivity contribution in [3.05, 3.63) is 119 Å². The van der Waals surface area contributed by atoms with Crippen LogP contribution in [-0.2, 0) is 69.7 Å². The number of rotatable bonds is 35. The number of unbranched alkanes of at least 4 members (excludes halogenated alkanes) is 2. The average molecular weight is 1470 g/mol. The van der Waals surface area contributed by atoms with Crippen LogP contribution in [0.4, 0.5) is 26.2 Å². The van der Waals surface area contributed by atoms with E-state index >= 15 is 0 Å². The van der Waals surface area contributed by atoms with Gasteiger partial charge in [-0.15, -0.1) is 0 Å². The topological polar surface area (TPSA) is 415 Å². The SMILES string of the molecule is Cc1c(-c2ccc(N3CCc4cccc(C(=O)Nc5nc6ccccc6s5)c4C3)nc2C(=O)O)cnn1CC12CC3(C)CC(C)(C1)CC(OCCN(CCS(=O)(=O)O)C(=O)OCc1ccc(NC(=O)[C@H](CCCNC(N)=O)NC(=O)[C@@H](NC(=O)CCCCCNC(=O)CCC(=O)O)C(C)C)cc1)(C3)C2. The number of amides is 8. The van der Waals surface area contributed by atoms with E-state index in [4.69, 9.17) is 30.4 Å². The fraction of sp³-hybridized carbons (Fsp3) is 0.507. The molecular formula is C73H93N13O16S2. The number of thiazole rings is 1. The number of carbonyl (C=O) groups is 9. The predicted molar refractivity (Wildman–Crippen MR) is 388 cm³/mol. The number of nitrogens with two attached hydrogens (primary N) is 1. The van der Waals surface area contributed by atoms with Crippen molar-refractivity contribution in [3.8, 4) is 11.1 Å². The second kappa shape index (κ2) is 33.0. The monoisotopic (exact) mass is 1470 g/mol. The van der Waals surface area contributed by atoms with Gasteiger partial charge in [0.15, 0.2) is 10.8 Å². The number of hydrogen-bond acceptors (Lipinski definition) is 18. The molecule has 4 heterocycles. The van der Waals surface area contributed by atoms with Crippen molar-refractivity contribution < 1.29 is 75.8 Å². The first-order valence-electron chi connectivity index (χ1n) is 35.2. The van der Waals surface area contributed by atoms with Crippen molar-refractivity contribution in [2.24, 2.45) is 27.9 Å². The predicted octanol–water partition coefficient (Wildman–Crippen LogP) is 8.59. The normalized spacial score (nSPS) is 20.0. The molecule has 8 amide bonds. The molecule has 5 aliphatic rings. The first kappa shape index (κ1) is 77.0. The Morgan fingerprint density at radius 3 is 2.20 bits per heavy atom. The van der Waals surface area contributed by atoms with Gasteiger partial charge in [0, 0.05) is 86.7 Å². The summed E-state index contributed by atoms with van der Waals surface area (Å²) in [5.74, 6) is -5.23. The Hall–Kier alpha value is -9.59. The van der Waals surface area contributed by atoms with E-state index in [0.29, 0.717) is 97.2 Å². The van der Waals surface area contributed by atoms with Crippen LogP contribution in [0.25, 0.3) is 21.3 Å². The van der Waals surface area contributed by atoms with Crippen molar-refractivity contribution in [2.75, 3.05) is 60.6 Å². The van der Waals surface area contributed by atoms with Crippen LogP contribution in [0.15, 0.2) is 85.1 Å². The standard InChI is InChI=1S/C73H93N13O16S2/c1-45(2)61(82-59(88)18-7-6-10-28-75-58(87)25-26-60(89)90)65(93)79-55(16-12-29-76-67(74)96)64(92)78-49-21-19-47(20-22-49)37-101-69(97)84(32-34-104(98,99)100)31-33-102-73-41-70(4)38-71(5,42-73)40-72(39-70,43-73)44-86-46(3)52(35-77-86)50-23-24-57(81-62(50)66(94)95)85-30-27-48-13-11-14-51(53(48)36-85)63(91)83-68-80-54-15-8-9-17-56(54)103-68/h8-9,11,13-15,17,19-24,35,45,55,61H,6-7,10,12,16,18,25-34,36-44H2,1-5H3,(H,75,87)(H,78,92)(H,79,93)(H,82,88)(H,89,90)(H,94,95)(H3,74,76,96)(H,80,83,91)(H,98,99,100)/t55-,61-,70?,71?,72?,73?/m0/s1. The number of carboxylic acids is 2. The number of benzene rings is 3. The Balaban J connectivity index is 0.742. The highest BCUT2D eigenvalue weighted by Gasteiger charge is 2.66. The van der Waals surface area contributed by atoms with Crippen LogP contribution in [0.3, 0.4) is 0 Å². The average Bonchev–Trinajstić information content (AvgIpc) is 0.706. The van der Waals surface area contributed by atoms with E-state index in [9.17, 15) is 61.2 Å². The van der Waals surface area contributed by atoms with Crippen molar-refractivity contribution in [1.82, 2.24) is 45.9 Å². The summed E-state index contributed by atoms with van der Waals surface area (Å²) in [6, 6.07) is 20.3. The Kier molecular flexibility index (Phi) is 24.5. The van der Waals surface area contributed by atoms with Gasteiger partial charge in [-0.2, -0.15) is 13.5 Å². The summed E-state index contributed by atoms with van der Waals surface area (Å²) in [6.07, 6.45) is 7.98. The number of fused-ring (bicyclic) bond motifs is 2. The quantitative estimate of drug-likeness (QED) is 0.0131. The molecule has 104 heavy (non-hydrogen) atoms. The summed E-state index contributed by atoms with van der Waals surface area (Å²) >= 11 is 1.40. The molecule has 0 spiro atoms. The van der Waals surface area contributed by atoms with Crippen LogP contribution < -0.4 is 42.5 Å². The maximum atomic E-state index is 13.9. The van der Waals surface area contributed by atoms with Crippen LogP contribution in [0, 0.1) is 29.1 Å². The fourth-order valence-corrected chi connectivity index (χ4v) is 17.7. The molecule has 31 heteroatoms. The number of nitrogens with zero attached hydrogens (tertiary/aromatic N) is 6. The fourth-order valence-electron chi connectivity index (χ4n) is 16.4. The van der Waals surface area contributed by atoms with Gasteiger partial charge in [0.1, 0.15) is 24.5 Å². The second-order valence-corrected chi connectivity index (χ2v) is 31.9. The van der Waals surface area contributed by atoms with Crippen LogP contribution in [0.1, 0.15) is 161 Å². The molecule has 4 fully saturated rings. The Labute approximate surface area is 607 Å². The number of para-hydroxylation sites is 1. The minimum Gasteiger partial charge on any atom is -0.481 e. The highest BCUT2D eigenvalue weighted by molar-refractivity contribution is 7.85. The molecule has 4 bridgehead atoms. The zero-order valence-corrected chi connectivity index (χ0v) is 60.9. The van der Waals surface area contributed by atoms with Gasteiger partial charge in [-0.25, -0.2) is 24.4 Å². The molecule has 558 valence electrons. The zero-order valence-electron chi connectivity index (χ0n) is 59.2. The van der Waals surface area contributed by atoms with Crippen molar-refractivity contribution >= 4 is 102 Å². The molecule has 6 aromatic rings. The minimum atomic E-state index is -4.52. The zero-order chi connectivity index (χ0) is 74.7. The van der Waals surface area contributed by atoms with Gasteiger partial charge >= 0.3 is 24.1 Å². The van der Waals surface area contributed by atoms with E-state index in [2.05, 4.69) is 50.7 Å². The summed E-state index contributed by atoms with van der Waals surface area (Å²) in [6.45, 7) is 11.1. The number of urea groups is 1. The summed E-state index contributed by atoms with van der Waals surface area (Å²) < 4.78 is 49.7. The van der Waals surface area contributed by atoms with Crippen molar-refractivity contribution in [3.63, 3.8) is 0 Å². The number of aromatic nitrogens is 4. The maximum Gasteiger partial charge on any atom is 0.410 e. The highest BCUT2D eigenvalue weighted by atomic mass is 32.2. The van der Waals surface area contributed by atoms with Gasteiger partial charge < -0.3 is 61.8 Å². The Morgan fingerprint density at radius 1 is 0.760 bits per heavy atom. The Bertz CT molecular complexity index is 4260. The third-order valence-electron chi connectivity index (χ3n) is 20.0. The molecule has 11 N–H and O–H groups in total. The molecule has 0 radical (unpaired) electrons. The lowest BCUT2D eigenvalue weighted by Crippen LogP contribution is -2.64.